The third-order valence-electron chi connectivity index (χ3n) is 2.11. The van der Waals surface area contributed by atoms with Crippen molar-refractivity contribution in [1.29, 1.82) is 0 Å². The Kier molecular flexibility index (Phi) is 9.79. The van der Waals surface area contributed by atoms with Gasteiger partial charge in [-0.25, -0.2) is 4.79 Å². The van der Waals surface area contributed by atoms with E-state index < -0.39 is 0 Å². The molecule has 0 spiro atoms. The summed E-state index contributed by atoms with van der Waals surface area (Å²) >= 11 is 6.03. The van der Waals surface area contributed by atoms with Crippen LogP contribution < -0.4 is 5.32 Å². The van der Waals surface area contributed by atoms with Crippen molar-refractivity contribution in [2.24, 2.45) is 0 Å². The molecule has 0 saturated heterocycles. The van der Waals surface area contributed by atoms with Gasteiger partial charge in [0.15, 0.2) is 0 Å². The Hall–Kier alpha value is -0.440. The molecule has 1 unspecified atom stereocenters. The molecule has 4 heteroatoms. The maximum Gasteiger partial charge on any atom is 0.407 e. The number of ether oxygens (including phenoxy) is 1. The highest BCUT2D eigenvalue weighted by Crippen LogP contribution is 2.09. The van der Waals surface area contributed by atoms with Gasteiger partial charge in [-0.3, -0.25) is 0 Å². The summed E-state index contributed by atoms with van der Waals surface area (Å²) in [5.41, 5.74) is 0. The van der Waals surface area contributed by atoms with Gasteiger partial charge in [-0.1, -0.05) is 32.6 Å². The fraction of sp³-hybridized carbons (Fsp3) is 0.909. The van der Waals surface area contributed by atoms with Crippen LogP contribution in [0.15, 0.2) is 0 Å². The second-order valence-electron chi connectivity index (χ2n) is 3.55. The van der Waals surface area contributed by atoms with E-state index in [1.807, 2.05) is 0 Å². The van der Waals surface area contributed by atoms with Gasteiger partial charge in [0, 0.05) is 6.54 Å². The lowest BCUT2D eigenvalue weighted by Gasteiger charge is -2.10. The number of alkyl carbamates (subject to hydrolysis) is 1. The number of nitrogens with one attached hydrogen (secondary N) is 1. The second kappa shape index (κ2) is 10.1. The van der Waals surface area contributed by atoms with Crippen LogP contribution in [0.4, 0.5) is 4.79 Å². The van der Waals surface area contributed by atoms with E-state index in [-0.39, 0.29) is 11.5 Å². The number of hydrogen-bond donors (Lipinski definition) is 1. The van der Waals surface area contributed by atoms with Crippen LogP contribution in [0.2, 0.25) is 0 Å². The highest BCUT2D eigenvalue weighted by Gasteiger charge is 2.06. The molecular formula is C11H22ClNO2. The molecule has 0 aliphatic carbocycles. The molecule has 0 radical (unpaired) electrons. The summed E-state index contributed by atoms with van der Waals surface area (Å²) < 4.78 is 4.73. The first kappa shape index (κ1) is 14.6. The van der Waals surface area contributed by atoms with Gasteiger partial charge >= 0.3 is 6.09 Å². The Labute approximate surface area is 97.5 Å². The Morgan fingerprint density at radius 1 is 1.33 bits per heavy atom. The molecule has 0 fully saturated rings. The largest absolute Gasteiger partial charge is 0.450 e. The number of halogens is 1. The van der Waals surface area contributed by atoms with E-state index >= 15 is 0 Å². The molecule has 0 bridgehead atoms. The minimum absolute atomic E-state index is 0.0197. The summed E-state index contributed by atoms with van der Waals surface area (Å²) in [5.74, 6) is 0. The zero-order valence-corrected chi connectivity index (χ0v) is 10.5. The Bertz CT molecular complexity index is 165. The van der Waals surface area contributed by atoms with Crippen molar-refractivity contribution < 1.29 is 9.53 Å². The maximum atomic E-state index is 10.9. The normalized spacial score (nSPS) is 12.2. The fourth-order valence-corrected chi connectivity index (χ4v) is 1.50. The topological polar surface area (TPSA) is 38.3 Å². The van der Waals surface area contributed by atoms with Gasteiger partial charge in [-0.15, -0.1) is 11.6 Å². The lowest BCUT2D eigenvalue weighted by molar-refractivity contribution is 0.152. The molecule has 0 rings (SSSR count). The molecule has 0 aromatic heterocycles. The van der Waals surface area contributed by atoms with Gasteiger partial charge in [-0.2, -0.15) is 0 Å². The molecule has 90 valence electrons. The van der Waals surface area contributed by atoms with Crippen LogP contribution in [-0.2, 0) is 4.74 Å². The number of hydrogen-bond acceptors (Lipinski definition) is 2. The number of carbonyl (C=O) groups is 1. The third kappa shape index (κ3) is 9.85. The highest BCUT2D eigenvalue weighted by molar-refractivity contribution is 6.20. The van der Waals surface area contributed by atoms with Gasteiger partial charge in [-0.05, 0) is 13.3 Å². The van der Waals surface area contributed by atoms with Gasteiger partial charge in [0.2, 0.25) is 0 Å². The number of amides is 1. The number of unbranched alkanes of at least 4 members (excludes halogenated alkanes) is 3. The van der Waals surface area contributed by atoms with Crippen LogP contribution in [-0.4, -0.2) is 24.6 Å². The highest BCUT2D eigenvalue weighted by atomic mass is 35.5. The zero-order valence-electron chi connectivity index (χ0n) is 9.72. The van der Waals surface area contributed by atoms with Crippen molar-refractivity contribution in [3.8, 4) is 0 Å². The molecule has 1 atom stereocenters. The van der Waals surface area contributed by atoms with Gasteiger partial charge in [0.1, 0.15) is 0 Å². The number of alkyl halides is 1. The van der Waals surface area contributed by atoms with E-state index in [9.17, 15) is 4.79 Å². The number of carbonyl (C=O) groups excluding carboxylic acids is 1. The molecule has 1 N–H and O–H groups in total. The SMILES string of the molecule is CCCCCCC(Cl)CNC(=O)OCC. The standard InChI is InChI=1S/C11H22ClNO2/c1-3-5-6-7-8-10(12)9-13-11(14)15-4-2/h10H,3-9H2,1-2H3,(H,13,14). The average Bonchev–Trinajstić information content (AvgIpc) is 2.22. The zero-order chi connectivity index (χ0) is 11.5. The van der Waals surface area contributed by atoms with E-state index in [0.29, 0.717) is 13.2 Å². The summed E-state index contributed by atoms with van der Waals surface area (Å²) in [6, 6.07) is 0. The predicted molar refractivity (Wildman–Crippen MR) is 63.4 cm³/mol. The third-order valence-corrected chi connectivity index (χ3v) is 2.49. The summed E-state index contributed by atoms with van der Waals surface area (Å²) in [7, 11) is 0. The van der Waals surface area contributed by atoms with Crippen LogP contribution in [0, 0.1) is 0 Å². The van der Waals surface area contributed by atoms with E-state index in [0.717, 1.165) is 12.8 Å². The van der Waals surface area contributed by atoms with Crippen molar-refractivity contribution in [3.05, 3.63) is 0 Å². The quantitative estimate of drug-likeness (QED) is 0.518. The first-order chi connectivity index (χ1) is 7.20. The van der Waals surface area contributed by atoms with E-state index in [2.05, 4.69) is 12.2 Å². The smallest absolute Gasteiger partial charge is 0.407 e. The lowest BCUT2D eigenvalue weighted by Crippen LogP contribution is -2.30. The molecule has 1 amide bonds. The van der Waals surface area contributed by atoms with Crippen molar-refractivity contribution in [3.63, 3.8) is 0 Å². The molecule has 0 aromatic carbocycles. The molecule has 0 saturated carbocycles. The van der Waals surface area contributed by atoms with Gasteiger partial charge < -0.3 is 10.1 Å². The first-order valence-corrected chi connectivity index (χ1v) is 6.19. The molecule has 0 aromatic rings. The van der Waals surface area contributed by atoms with Crippen LogP contribution in [0.1, 0.15) is 46.0 Å². The average molecular weight is 236 g/mol. The molecule has 0 aliphatic heterocycles. The molecule has 3 nitrogen and oxygen atoms in total. The first-order valence-electron chi connectivity index (χ1n) is 5.75. The maximum absolute atomic E-state index is 10.9. The Balaban J connectivity index is 3.32. The molecular weight excluding hydrogens is 214 g/mol. The molecule has 0 heterocycles. The van der Waals surface area contributed by atoms with Crippen LogP contribution in [0.3, 0.4) is 0 Å². The minimum atomic E-state index is -0.378. The molecule has 0 aliphatic rings. The van der Waals surface area contributed by atoms with Crippen molar-refractivity contribution in [1.82, 2.24) is 5.32 Å². The van der Waals surface area contributed by atoms with E-state index in [1.54, 1.807) is 6.92 Å². The second-order valence-corrected chi connectivity index (χ2v) is 4.17. The van der Waals surface area contributed by atoms with Crippen LogP contribution in [0.5, 0.6) is 0 Å². The monoisotopic (exact) mass is 235 g/mol. The van der Waals surface area contributed by atoms with Crippen LogP contribution in [0.25, 0.3) is 0 Å². The van der Waals surface area contributed by atoms with Crippen molar-refractivity contribution >= 4 is 17.7 Å². The summed E-state index contributed by atoms with van der Waals surface area (Å²) in [4.78, 5) is 10.9. The van der Waals surface area contributed by atoms with Crippen LogP contribution >= 0.6 is 11.6 Å². The van der Waals surface area contributed by atoms with Crippen molar-refractivity contribution in [2.45, 2.75) is 51.3 Å². The van der Waals surface area contributed by atoms with E-state index in [4.69, 9.17) is 16.3 Å². The van der Waals surface area contributed by atoms with E-state index in [1.165, 1.54) is 19.3 Å². The summed E-state index contributed by atoms with van der Waals surface area (Å²) in [6.45, 7) is 4.85. The summed E-state index contributed by atoms with van der Waals surface area (Å²) in [6.07, 6.45) is 5.42. The fourth-order valence-electron chi connectivity index (χ4n) is 1.27. The lowest BCUT2D eigenvalue weighted by atomic mass is 10.1. The Morgan fingerprint density at radius 3 is 2.67 bits per heavy atom. The van der Waals surface area contributed by atoms with Gasteiger partial charge in [0.05, 0.1) is 12.0 Å². The van der Waals surface area contributed by atoms with Crippen molar-refractivity contribution in [2.75, 3.05) is 13.2 Å². The molecule has 15 heavy (non-hydrogen) atoms. The summed E-state index contributed by atoms with van der Waals surface area (Å²) in [5, 5.41) is 2.65. The Morgan fingerprint density at radius 2 is 2.07 bits per heavy atom. The predicted octanol–water partition coefficient (Wildman–Crippen LogP) is 3.31. The minimum Gasteiger partial charge on any atom is -0.450 e. The van der Waals surface area contributed by atoms with Gasteiger partial charge in [0.25, 0.3) is 0 Å². The number of rotatable bonds is 8.